The average molecular weight is 256 g/mol. The molecule has 0 unspecified atom stereocenters. The van der Waals surface area contributed by atoms with E-state index in [0.717, 1.165) is 37.4 Å². The van der Waals surface area contributed by atoms with Crippen molar-refractivity contribution in [1.82, 2.24) is 9.88 Å². The van der Waals surface area contributed by atoms with E-state index in [9.17, 15) is 0 Å². The number of anilines is 1. The molecule has 0 spiro atoms. The molecule has 0 bridgehead atoms. The monoisotopic (exact) mass is 255 g/mol. The van der Waals surface area contributed by atoms with Gasteiger partial charge in [-0.2, -0.15) is 0 Å². The molecular formula is C13H22ClN3. The molecule has 1 aromatic heterocycles. The summed E-state index contributed by atoms with van der Waals surface area (Å²) in [6.07, 6.45) is 3.01. The van der Waals surface area contributed by atoms with Crippen molar-refractivity contribution >= 4 is 17.4 Å². The van der Waals surface area contributed by atoms with Crippen LogP contribution in [-0.2, 0) is 5.88 Å². The molecule has 0 radical (unpaired) electrons. The van der Waals surface area contributed by atoms with Gasteiger partial charge in [0, 0.05) is 25.2 Å². The zero-order valence-corrected chi connectivity index (χ0v) is 11.7. The Morgan fingerprint density at radius 3 is 2.47 bits per heavy atom. The summed E-state index contributed by atoms with van der Waals surface area (Å²) in [4.78, 5) is 8.95. The van der Waals surface area contributed by atoms with Crippen LogP contribution in [0.5, 0.6) is 0 Å². The first-order valence-corrected chi connectivity index (χ1v) is 6.61. The Balaban J connectivity index is 2.53. The third kappa shape index (κ3) is 4.92. The van der Waals surface area contributed by atoms with Gasteiger partial charge in [-0.05, 0) is 45.6 Å². The van der Waals surface area contributed by atoms with Gasteiger partial charge in [0.1, 0.15) is 5.82 Å². The summed E-state index contributed by atoms with van der Waals surface area (Å²) in [7, 11) is 4.20. The van der Waals surface area contributed by atoms with Crippen molar-refractivity contribution < 1.29 is 0 Å². The molecule has 0 aliphatic rings. The van der Waals surface area contributed by atoms with E-state index in [0.29, 0.717) is 5.88 Å². The largest absolute Gasteiger partial charge is 0.357 e. The number of pyridine rings is 1. The molecule has 0 atom stereocenters. The Kier molecular flexibility index (Phi) is 6.30. The maximum absolute atomic E-state index is 5.75. The van der Waals surface area contributed by atoms with Crippen LogP contribution in [-0.4, -0.2) is 43.6 Å². The van der Waals surface area contributed by atoms with E-state index in [1.165, 1.54) is 0 Å². The van der Waals surface area contributed by atoms with Crippen molar-refractivity contribution in [3.8, 4) is 0 Å². The molecule has 0 N–H and O–H groups in total. The van der Waals surface area contributed by atoms with E-state index in [2.05, 4.69) is 41.9 Å². The van der Waals surface area contributed by atoms with Gasteiger partial charge in [0.25, 0.3) is 0 Å². The van der Waals surface area contributed by atoms with Gasteiger partial charge in [-0.3, -0.25) is 0 Å². The minimum Gasteiger partial charge on any atom is -0.357 e. The average Bonchev–Trinajstić information content (AvgIpc) is 2.34. The van der Waals surface area contributed by atoms with Crippen LogP contribution < -0.4 is 4.90 Å². The van der Waals surface area contributed by atoms with Crippen molar-refractivity contribution in [2.75, 3.05) is 38.6 Å². The van der Waals surface area contributed by atoms with Gasteiger partial charge in [-0.15, -0.1) is 11.6 Å². The Morgan fingerprint density at radius 1 is 1.24 bits per heavy atom. The fourth-order valence-corrected chi connectivity index (χ4v) is 1.85. The highest BCUT2D eigenvalue weighted by molar-refractivity contribution is 6.17. The number of aromatic nitrogens is 1. The lowest BCUT2D eigenvalue weighted by Crippen LogP contribution is -2.27. The highest BCUT2D eigenvalue weighted by Crippen LogP contribution is 2.12. The standard InChI is InChI=1S/C13H22ClN3/c1-4-17(9-5-8-16(2)3)13-7-6-12(10-14)11-15-13/h6-7,11H,4-5,8-10H2,1-3H3. The zero-order chi connectivity index (χ0) is 12.7. The van der Waals surface area contributed by atoms with Crippen molar-refractivity contribution in [2.45, 2.75) is 19.2 Å². The maximum atomic E-state index is 5.75. The molecular weight excluding hydrogens is 234 g/mol. The third-order valence-corrected chi connectivity index (χ3v) is 3.01. The quantitative estimate of drug-likeness (QED) is 0.699. The second kappa shape index (κ2) is 7.51. The Bertz CT molecular complexity index is 311. The number of hydrogen-bond donors (Lipinski definition) is 0. The SMILES string of the molecule is CCN(CCCN(C)C)c1ccc(CCl)cn1. The predicted molar refractivity (Wildman–Crippen MR) is 74.9 cm³/mol. The lowest BCUT2D eigenvalue weighted by atomic mass is 10.3. The topological polar surface area (TPSA) is 19.4 Å². The van der Waals surface area contributed by atoms with E-state index in [4.69, 9.17) is 11.6 Å². The van der Waals surface area contributed by atoms with Crippen LogP contribution in [0, 0.1) is 0 Å². The van der Waals surface area contributed by atoms with E-state index in [1.54, 1.807) is 0 Å². The molecule has 1 aromatic rings. The minimum atomic E-state index is 0.528. The molecule has 4 heteroatoms. The van der Waals surface area contributed by atoms with E-state index >= 15 is 0 Å². The summed E-state index contributed by atoms with van der Waals surface area (Å²) in [5.41, 5.74) is 1.07. The van der Waals surface area contributed by atoms with Crippen LogP contribution in [0.1, 0.15) is 18.9 Å². The first-order chi connectivity index (χ1) is 8.17. The second-order valence-corrected chi connectivity index (χ2v) is 4.66. The summed E-state index contributed by atoms with van der Waals surface area (Å²) in [5.74, 6) is 1.57. The Hall–Kier alpha value is -0.800. The van der Waals surface area contributed by atoms with Gasteiger partial charge in [0.15, 0.2) is 0 Å². The predicted octanol–water partition coefficient (Wildman–Crippen LogP) is 2.60. The number of halogens is 1. The first kappa shape index (κ1) is 14.3. The molecule has 17 heavy (non-hydrogen) atoms. The maximum Gasteiger partial charge on any atom is 0.128 e. The third-order valence-electron chi connectivity index (χ3n) is 2.70. The molecule has 0 fully saturated rings. The number of nitrogens with zero attached hydrogens (tertiary/aromatic N) is 3. The van der Waals surface area contributed by atoms with Gasteiger partial charge in [0.2, 0.25) is 0 Å². The highest BCUT2D eigenvalue weighted by atomic mass is 35.5. The minimum absolute atomic E-state index is 0.528. The van der Waals surface area contributed by atoms with Crippen molar-refractivity contribution in [3.63, 3.8) is 0 Å². The molecule has 96 valence electrons. The molecule has 0 aliphatic carbocycles. The van der Waals surface area contributed by atoms with Gasteiger partial charge in [-0.25, -0.2) is 4.98 Å². The normalized spacial score (nSPS) is 10.9. The molecule has 1 heterocycles. The number of rotatable bonds is 7. The molecule has 0 aliphatic heterocycles. The first-order valence-electron chi connectivity index (χ1n) is 6.08. The van der Waals surface area contributed by atoms with Crippen LogP contribution in [0.15, 0.2) is 18.3 Å². The van der Waals surface area contributed by atoms with Gasteiger partial charge in [-0.1, -0.05) is 6.07 Å². The van der Waals surface area contributed by atoms with E-state index in [-0.39, 0.29) is 0 Å². The molecule has 3 nitrogen and oxygen atoms in total. The Morgan fingerprint density at radius 2 is 2.00 bits per heavy atom. The van der Waals surface area contributed by atoms with Crippen LogP contribution in [0.2, 0.25) is 0 Å². The van der Waals surface area contributed by atoms with E-state index < -0.39 is 0 Å². The van der Waals surface area contributed by atoms with Crippen molar-refractivity contribution in [2.24, 2.45) is 0 Å². The lowest BCUT2D eigenvalue weighted by Gasteiger charge is -2.22. The number of hydrogen-bond acceptors (Lipinski definition) is 3. The van der Waals surface area contributed by atoms with Crippen LogP contribution in [0.4, 0.5) is 5.82 Å². The van der Waals surface area contributed by atoms with Crippen LogP contribution in [0.25, 0.3) is 0 Å². The summed E-state index contributed by atoms with van der Waals surface area (Å²) < 4.78 is 0. The molecule has 0 saturated carbocycles. The lowest BCUT2D eigenvalue weighted by molar-refractivity contribution is 0.400. The summed E-state index contributed by atoms with van der Waals surface area (Å²) >= 11 is 5.75. The number of alkyl halides is 1. The van der Waals surface area contributed by atoms with Gasteiger partial charge < -0.3 is 9.80 Å². The highest BCUT2D eigenvalue weighted by Gasteiger charge is 2.05. The fourth-order valence-electron chi connectivity index (χ4n) is 1.70. The summed E-state index contributed by atoms with van der Waals surface area (Å²) in [6.45, 7) is 5.30. The van der Waals surface area contributed by atoms with Gasteiger partial charge >= 0.3 is 0 Å². The van der Waals surface area contributed by atoms with E-state index in [1.807, 2.05) is 12.3 Å². The zero-order valence-electron chi connectivity index (χ0n) is 11.0. The fraction of sp³-hybridized carbons (Fsp3) is 0.615. The van der Waals surface area contributed by atoms with Crippen LogP contribution >= 0.6 is 11.6 Å². The summed E-state index contributed by atoms with van der Waals surface area (Å²) in [6, 6.07) is 4.10. The van der Waals surface area contributed by atoms with Crippen molar-refractivity contribution in [3.05, 3.63) is 23.9 Å². The molecule has 0 saturated heterocycles. The van der Waals surface area contributed by atoms with Crippen molar-refractivity contribution in [1.29, 1.82) is 0 Å². The second-order valence-electron chi connectivity index (χ2n) is 4.39. The molecule has 0 aromatic carbocycles. The Labute approximate surface area is 109 Å². The molecule has 1 rings (SSSR count). The van der Waals surface area contributed by atoms with Gasteiger partial charge in [0.05, 0.1) is 0 Å². The smallest absolute Gasteiger partial charge is 0.128 e. The summed E-state index contributed by atoms with van der Waals surface area (Å²) in [5, 5.41) is 0. The molecule has 0 amide bonds. The van der Waals surface area contributed by atoms with Crippen LogP contribution in [0.3, 0.4) is 0 Å².